The number of rotatable bonds is 14. The first-order valence-corrected chi connectivity index (χ1v) is 26.5. The first-order chi connectivity index (χ1) is 38.3. The number of hydrogen-bond donors (Lipinski definition) is 4. The second kappa shape index (κ2) is 22.2. The van der Waals surface area contributed by atoms with E-state index in [2.05, 4.69) is 21.2 Å². The largest absolute Gasteiger partial charge is 0.509 e. The molecule has 1 amide bonds. The van der Waals surface area contributed by atoms with Gasteiger partial charge in [-0.05, 0) is 89.0 Å². The van der Waals surface area contributed by atoms with Crippen LogP contribution >= 0.6 is 15.9 Å². The molecule has 21 nitrogen and oxygen atoms in total. The maximum atomic E-state index is 15.8. The van der Waals surface area contributed by atoms with E-state index in [9.17, 15) is 44.1 Å². The molecule has 2 bridgehead atoms. The summed E-state index contributed by atoms with van der Waals surface area (Å²) in [7, 11) is 1.41. The van der Waals surface area contributed by atoms with E-state index >= 15 is 9.59 Å². The Morgan fingerprint density at radius 2 is 1.51 bits per heavy atom. The van der Waals surface area contributed by atoms with Crippen LogP contribution in [0.4, 0.5) is 4.79 Å². The van der Waals surface area contributed by atoms with Gasteiger partial charge in [0.15, 0.2) is 17.5 Å². The molecule has 0 spiro atoms. The average Bonchev–Trinajstić information content (AvgIpc) is 1.11. The molecule has 11 atom stereocenters. The van der Waals surface area contributed by atoms with Gasteiger partial charge < -0.3 is 62.9 Å². The molecule has 5 aromatic rings. The van der Waals surface area contributed by atoms with Crippen molar-refractivity contribution in [3.63, 3.8) is 0 Å². The van der Waals surface area contributed by atoms with Crippen LogP contribution in [0.25, 0.3) is 11.0 Å². The van der Waals surface area contributed by atoms with Crippen LogP contribution in [0, 0.1) is 16.7 Å². The number of ketones is 1. The first-order valence-electron chi connectivity index (χ1n) is 25.7. The second-order valence-corrected chi connectivity index (χ2v) is 22.1. The Kier molecular flexibility index (Phi) is 15.8. The zero-order valence-electron chi connectivity index (χ0n) is 44.9. The number of nitrogens with one attached hydrogen (secondary N) is 1. The molecule has 1 saturated heterocycles. The highest BCUT2D eigenvalue weighted by atomic mass is 79.9. The number of aliphatic hydroxyl groups is 2. The Bertz CT molecular complexity index is 3420. The fourth-order valence-electron chi connectivity index (χ4n) is 12.1. The SMILES string of the molecule is COc1cc2oc(=O)cc(COC(=O)O[C@@H](C(=O)O[C@H]3C[C@@]4(O)[C@@H](OC(=O)c5ccccc5)[C@@H]5[C@]6(OC(C)=O)CO[C@@H]6C[C@H](O)[C@@]5(C)C(=O)[C@H](OC(C)=O)C(=C3C)C4(C)C)[C@@H](NC(=O)c3ccccc3)c3ccc(O)cc3)c2cc1Br. The molecule has 22 heteroatoms. The van der Waals surface area contributed by atoms with E-state index in [-0.39, 0.29) is 51.2 Å². The number of carbonyl (C=O) groups excluding carboxylic acids is 7. The predicted molar refractivity (Wildman–Crippen MR) is 285 cm³/mol. The molecular weight excluding hydrogens is 1120 g/mol. The number of aromatic hydroxyl groups is 1. The molecular formula is C59H58BrNO20. The third kappa shape index (κ3) is 10.4. The molecule has 2 heterocycles. The molecule has 3 aliphatic carbocycles. The van der Waals surface area contributed by atoms with Gasteiger partial charge in [0.25, 0.3) is 5.91 Å². The summed E-state index contributed by atoms with van der Waals surface area (Å²) >= 11 is 3.40. The molecule has 4 N–H and O–H groups in total. The summed E-state index contributed by atoms with van der Waals surface area (Å²) in [6.45, 7) is 6.94. The maximum Gasteiger partial charge on any atom is 0.509 e. The maximum absolute atomic E-state index is 15.8. The van der Waals surface area contributed by atoms with Crippen molar-refractivity contribution in [1.29, 1.82) is 0 Å². The van der Waals surface area contributed by atoms with Gasteiger partial charge in [0.05, 0.1) is 41.2 Å². The number of carbonyl (C=O) groups is 7. The van der Waals surface area contributed by atoms with Crippen LogP contribution < -0.4 is 15.7 Å². The van der Waals surface area contributed by atoms with E-state index in [0.29, 0.717) is 15.6 Å². The highest BCUT2D eigenvalue weighted by Gasteiger charge is 2.78. The van der Waals surface area contributed by atoms with Gasteiger partial charge in [0, 0.05) is 60.7 Å². The Labute approximate surface area is 471 Å². The minimum absolute atomic E-state index is 0.00135. The summed E-state index contributed by atoms with van der Waals surface area (Å²) in [5.74, 6) is -7.52. The Morgan fingerprint density at radius 1 is 0.852 bits per heavy atom. The third-order valence-electron chi connectivity index (χ3n) is 16.2. The standard InChI is InChI=1S/C59H58BrNO20/c1-29-41(26-59(72)51(80-53(69)34-16-12-9-13-17-34)49-57(6,42(65)25-43-58(49,28-75-43)81-31(3)63)50(67)47(76-30(2)62)45(29)56(59,4)5)78-54(70)48(46(32-18-20-36(64)21-19-32)61-52(68)33-14-10-8-11-15-33)79-55(71)74-27-35-22-44(66)77-39-24-40(73-7)38(60)23-37(35)39/h8-24,41-43,46-49,51,64-65,72H,25-28H2,1-7H3,(H,61,68)/t41-,42-,43+,46-,47+,48+,49-,51-,57+,58-,59+/m0/s1. The van der Waals surface area contributed by atoms with Crippen LogP contribution in [-0.4, -0.2) is 119 Å². The normalized spacial score (nSPS) is 27.0. The number of hydrogen-bond acceptors (Lipinski definition) is 20. The van der Waals surface area contributed by atoms with Crippen LogP contribution in [0.3, 0.4) is 0 Å². The van der Waals surface area contributed by atoms with Crippen LogP contribution in [0.15, 0.2) is 128 Å². The summed E-state index contributed by atoms with van der Waals surface area (Å²) in [5, 5.41) is 39.8. The lowest BCUT2D eigenvalue weighted by Crippen LogP contribution is -2.82. The summed E-state index contributed by atoms with van der Waals surface area (Å²) in [4.78, 5) is 114. The lowest BCUT2D eigenvalue weighted by Gasteiger charge is -2.67. The van der Waals surface area contributed by atoms with Crippen molar-refractivity contribution in [2.24, 2.45) is 16.7 Å². The average molecular weight is 1180 g/mol. The smallest absolute Gasteiger partial charge is 0.508 e. The van der Waals surface area contributed by atoms with Crippen molar-refractivity contribution in [2.75, 3.05) is 13.7 Å². The fraction of sp³-hybridized carbons (Fsp3) is 0.390. The topological polar surface area (TPSA) is 296 Å². The molecule has 4 aromatic carbocycles. The predicted octanol–water partition coefficient (Wildman–Crippen LogP) is 6.68. The molecule has 1 aromatic heterocycles. The van der Waals surface area contributed by atoms with Crippen LogP contribution in [0.2, 0.25) is 0 Å². The molecule has 1 aliphatic heterocycles. The van der Waals surface area contributed by atoms with Gasteiger partial charge >= 0.3 is 35.7 Å². The van der Waals surface area contributed by atoms with E-state index in [4.69, 9.17) is 42.3 Å². The van der Waals surface area contributed by atoms with Gasteiger partial charge in [-0.3, -0.25) is 19.2 Å². The number of Topliss-reactive ketones (excluding diaryl/α,β-unsaturated/α-hetero) is 1. The number of phenolic OH excluding ortho intramolecular Hbond substituents is 1. The summed E-state index contributed by atoms with van der Waals surface area (Å²) in [6.07, 6.45) is -13.2. The van der Waals surface area contributed by atoms with Gasteiger partial charge in [0.2, 0.25) is 6.10 Å². The van der Waals surface area contributed by atoms with Crippen molar-refractivity contribution in [2.45, 2.75) is 115 Å². The number of halogens is 1. The van der Waals surface area contributed by atoms with Gasteiger partial charge in [-0.1, -0.05) is 62.4 Å². The number of methoxy groups -OCH3 is 1. The van der Waals surface area contributed by atoms with E-state index in [1.807, 2.05) is 0 Å². The number of aliphatic hydroxyl groups excluding tert-OH is 1. The van der Waals surface area contributed by atoms with E-state index < -0.39 is 138 Å². The fourth-order valence-corrected chi connectivity index (χ4v) is 12.6. The van der Waals surface area contributed by atoms with E-state index in [0.717, 1.165) is 19.9 Å². The van der Waals surface area contributed by atoms with Crippen molar-refractivity contribution >= 4 is 68.6 Å². The second-order valence-electron chi connectivity index (χ2n) is 21.2. The number of fused-ring (bicyclic) bond motifs is 6. The summed E-state index contributed by atoms with van der Waals surface area (Å²) in [6, 6.07) is 23.0. The zero-order valence-corrected chi connectivity index (χ0v) is 46.5. The Hall–Kier alpha value is -7.92. The Morgan fingerprint density at radius 3 is 2.11 bits per heavy atom. The number of benzene rings is 4. The highest BCUT2D eigenvalue weighted by Crippen LogP contribution is 2.64. The monoisotopic (exact) mass is 1180 g/mol. The third-order valence-corrected chi connectivity index (χ3v) is 16.8. The van der Waals surface area contributed by atoms with E-state index in [1.54, 1.807) is 42.5 Å². The quantitative estimate of drug-likeness (QED) is 0.0390. The number of amides is 1. The van der Waals surface area contributed by atoms with E-state index in [1.165, 1.54) is 89.4 Å². The molecule has 9 rings (SSSR count). The number of ether oxygens (including phenoxy) is 8. The van der Waals surface area contributed by atoms with Crippen molar-refractivity contribution in [3.8, 4) is 11.5 Å². The van der Waals surface area contributed by atoms with Crippen LogP contribution in [0.5, 0.6) is 11.5 Å². The van der Waals surface area contributed by atoms with Crippen molar-refractivity contribution in [3.05, 3.63) is 151 Å². The minimum Gasteiger partial charge on any atom is -0.508 e. The van der Waals surface area contributed by atoms with Crippen molar-refractivity contribution in [1.82, 2.24) is 5.32 Å². The lowest BCUT2D eigenvalue weighted by atomic mass is 9.44. The van der Waals surface area contributed by atoms with Gasteiger partial charge in [-0.15, -0.1) is 0 Å². The lowest BCUT2D eigenvalue weighted by molar-refractivity contribution is -0.346. The molecule has 0 unspecified atom stereocenters. The molecule has 81 heavy (non-hydrogen) atoms. The summed E-state index contributed by atoms with van der Waals surface area (Å²) in [5.41, 5.74) is -8.93. The highest BCUT2D eigenvalue weighted by molar-refractivity contribution is 9.10. The summed E-state index contributed by atoms with van der Waals surface area (Å²) < 4.78 is 53.5. The molecule has 2 saturated carbocycles. The molecule has 0 radical (unpaired) electrons. The number of esters is 4. The molecule has 3 fully saturated rings. The van der Waals surface area contributed by atoms with Gasteiger partial charge in [0.1, 0.15) is 53.6 Å². The van der Waals surface area contributed by atoms with Gasteiger partial charge in [-0.25, -0.2) is 19.2 Å². The van der Waals surface area contributed by atoms with Crippen LogP contribution in [-0.2, 0) is 58.9 Å². The van der Waals surface area contributed by atoms with Crippen molar-refractivity contribution < 1.29 is 91.2 Å². The number of phenols is 1. The zero-order chi connectivity index (χ0) is 58.5. The Balaban J connectivity index is 1.19. The van der Waals surface area contributed by atoms with Crippen LogP contribution in [0.1, 0.15) is 92.3 Å². The molecule has 4 aliphatic rings. The van der Waals surface area contributed by atoms with Gasteiger partial charge in [-0.2, -0.15) is 0 Å². The first kappa shape index (κ1) is 57.8. The molecule has 426 valence electrons. The minimum atomic E-state index is -2.57.